The van der Waals surface area contributed by atoms with Crippen LogP contribution in [-0.2, 0) is 0 Å². The van der Waals surface area contributed by atoms with Gasteiger partial charge >= 0.3 is 0 Å². The first-order valence-corrected chi connectivity index (χ1v) is 6.12. The van der Waals surface area contributed by atoms with Gasteiger partial charge in [-0.05, 0) is 36.8 Å². The van der Waals surface area contributed by atoms with Crippen molar-refractivity contribution in [2.24, 2.45) is 17.6 Å². The van der Waals surface area contributed by atoms with Crippen molar-refractivity contribution in [1.82, 2.24) is 10.2 Å². The second-order valence-corrected chi connectivity index (χ2v) is 5.00. The molecule has 2 atom stereocenters. The van der Waals surface area contributed by atoms with Gasteiger partial charge in [0.25, 0.3) is 5.91 Å². The van der Waals surface area contributed by atoms with Gasteiger partial charge in [0.05, 0.1) is 0 Å². The summed E-state index contributed by atoms with van der Waals surface area (Å²) in [5.74, 6) is 1.99. The fraction of sp³-hybridized carbons (Fsp3) is 0.583. The fourth-order valence-electron chi connectivity index (χ4n) is 3.05. The van der Waals surface area contributed by atoms with Gasteiger partial charge in [0, 0.05) is 13.1 Å². The third kappa shape index (κ3) is 1.85. The Kier molecular flexibility index (Phi) is 2.46. The van der Waals surface area contributed by atoms with Gasteiger partial charge < -0.3 is 10.6 Å². The molecule has 2 N–H and O–H groups in total. The molecule has 3 rings (SSSR count). The molecule has 1 saturated carbocycles. The molecule has 1 amide bonds. The van der Waals surface area contributed by atoms with Crippen molar-refractivity contribution in [1.29, 1.82) is 0 Å². The van der Waals surface area contributed by atoms with Crippen molar-refractivity contribution in [2.75, 3.05) is 18.0 Å². The molecule has 0 radical (unpaired) electrons. The Morgan fingerprint density at radius 3 is 2.47 bits per heavy atom. The molecule has 5 nitrogen and oxygen atoms in total. The van der Waals surface area contributed by atoms with Crippen molar-refractivity contribution < 1.29 is 4.79 Å². The number of carbonyl (C=O) groups is 1. The molecule has 1 aliphatic carbocycles. The minimum Gasteiger partial charge on any atom is -0.364 e. The third-order valence-corrected chi connectivity index (χ3v) is 3.95. The summed E-state index contributed by atoms with van der Waals surface area (Å²) in [4.78, 5) is 13.2. The van der Waals surface area contributed by atoms with E-state index < -0.39 is 5.91 Å². The summed E-state index contributed by atoms with van der Waals surface area (Å²) in [7, 11) is 0. The number of hydrogen-bond donors (Lipinski definition) is 1. The second kappa shape index (κ2) is 3.98. The number of anilines is 1. The number of amides is 1. The van der Waals surface area contributed by atoms with Crippen LogP contribution in [0.2, 0.25) is 0 Å². The standard InChI is InChI=1S/C12H16N4O/c13-12(17)10-4-5-11(15-14-10)16-6-8-2-1-3-9(8)7-16/h4-5,8-9H,1-3,6-7H2,(H2,13,17)/t8-,9-/m1/s1. The first kappa shape index (κ1) is 10.5. The molecule has 2 aliphatic rings. The van der Waals surface area contributed by atoms with Crippen LogP contribution in [0, 0.1) is 11.8 Å². The van der Waals surface area contributed by atoms with Gasteiger partial charge in [0.1, 0.15) is 0 Å². The minimum atomic E-state index is -0.526. The van der Waals surface area contributed by atoms with E-state index in [0.717, 1.165) is 30.7 Å². The zero-order valence-electron chi connectivity index (χ0n) is 9.67. The summed E-state index contributed by atoms with van der Waals surface area (Å²) in [5, 5.41) is 7.93. The SMILES string of the molecule is NC(=O)c1ccc(N2C[C@H]3CCC[C@@H]3C2)nn1. The monoisotopic (exact) mass is 232 g/mol. The summed E-state index contributed by atoms with van der Waals surface area (Å²) in [6, 6.07) is 3.49. The smallest absolute Gasteiger partial charge is 0.269 e. The molecule has 0 unspecified atom stereocenters. The van der Waals surface area contributed by atoms with Gasteiger partial charge in [0.2, 0.25) is 0 Å². The molecule has 0 spiro atoms. The van der Waals surface area contributed by atoms with Crippen molar-refractivity contribution in [3.8, 4) is 0 Å². The number of aromatic nitrogens is 2. The predicted molar refractivity (Wildman–Crippen MR) is 63.6 cm³/mol. The highest BCUT2D eigenvalue weighted by Crippen LogP contribution is 2.38. The fourth-order valence-corrected chi connectivity index (χ4v) is 3.05. The topological polar surface area (TPSA) is 72.1 Å². The van der Waals surface area contributed by atoms with E-state index in [1.165, 1.54) is 19.3 Å². The lowest BCUT2D eigenvalue weighted by Crippen LogP contribution is -2.23. The average Bonchev–Trinajstić information content (AvgIpc) is 2.89. The molecule has 5 heteroatoms. The number of hydrogen-bond acceptors (Lipinski definition) is 4. The van der Waals surface area contributed by atoms with Gasteiger partial charge in [-0.25, -0.2) is 0 Å². The number of nitrogens with two attached hydrogens (primary N) is 1. The molecule has 17 heavy (non-hydrogen) atoms. The van der Waals surface area contributed by atoms with Crippen LogP contribution in [-0.4, -0.2) is 29.2 Å². The van der Waals surface area contributed by atoms with Crippen LogP contribution in [0.15, 0.2) is 12.1 Å². The Hall–Kier alpha value is -1.65. The van der Waals surface area contributed by atoms with Crippen LogP contribution in [0.5, 0.6) is 0 Å². The van der Waals surface area contributed by atoms with Crippen LogP contribution >= 0.6 is 0 Å². The lowest BCUT2D eigenvalue weighted by molar-refractivity contribution is 0.0994. The van der Waals surface area contributed by atoms with Crippen molar-refractivity contribution in [3.63, 3.8) is 0 Å². The first-order valence-electron chi connectivity index (χ1n) is 6.12. The maximum absolute atomic E-state index is 10.9. The van der Waals surface area contributed by atoms with Crippen LogP contribution in [0.1, 0.15) is 29.8 Å². The van der Waals surface area contributed by atoms with Gasteiger partial charge in [0.15, 0.2) is 11.5 Å². The zero-order chi connectivity index (χ0) is 11.8. The molecule has 0 bridgehead atoms. The molecular formula is C12H16N4O. The number of fused-ring (bicyclic) bond motifs is 1. The van der Waals surface area contributed by atoms with Crippen LogP contribution in [0.25, 0.3) is 0 Å². The molecule has 1 aromatic rings. The molecule has 1 aliphatic heterocycles. The van der Waals surface area contributed by atoms with E-state index in [9.17, 15) is 4.79 Å². The first-order chi connectivity index (χ1) is 8.24. The van der Waals surface area contributed by atoms with Crippen LogP contribution < -0.4 is 10.6 Å². The maximum Gasteiger partial charge on any atom is 0.269 e. The quantitative estimate of drug-likeness (QED) is 0.819. The van der Waals surface area contributed by atoms with E-state index >= 15 is 0 Å². The van der Waals surface area contributed by atoms with E-state index in [-0.39, 0.29) is 5.69 Å². The van der Waals surface area contributed by atoms with Gasteiger partial charge in [-0.3, -0.25) is 4.79 Å². The molecule has 2 heterocycles. The summed E-state index contributed by atoms with van der Waals surface area (Å²) in [5.41, 5.74) is 5.37. The molecule has 1 aromatic heterocycles. The summed E-state index contributed by atoms with van der Waals surface area (Å²) < 4.78 is 0. The number of primary amides is 1. The number of nitrogens with zero attached hydrogens (tertiary/aromatic N) is 3. The van der Waals surface area contributed by atoms with Gasteiger partial charge in [-0.1, -0.05) is 6.42 Å². The Balaban J connectivity index is 1.75. The molecule has 1 saturated heterocycles. The van der Waals surface area contributed by atoms with Crippen LogP contribution in [0.3, 0.4) is 0 Å². The van der Waals surface area contributed by atoms with E-state index in [1.54, 1.807) is 6.07 Å². The molecule has 2 fully saturated rings. The average molecular weight is 232 g/mol. The summed E-state index contributed by atoms with van der Waals surface area (Å²) >= 11 is 0. The Morgan fingerprint density at radius 2 is 1.94 bits per heavy atom. The van der Waals surface area contributed by atoms with Crippen molar-refractivity contribution >= 4 is 11.7 Å². The highest BCUT2D eigenvalue weighted by molar-refractivity contribution is 5.90. The van der Waals surface area contributed by atoms with E-state index in [0.29, 0.717) is 0 Å². The normalized spacial score (nSPS) is 27.2. The second-order valence-electron chi connectivity index (χ2n) is 5.00. The third-order valence-electron chi connectivity index (χ3n) is 3.95. The van der Waals surface area contributed by atoms with E-state index in [1.807, 2.05) is 6.07 Å². The zero-order valence-corrected chi connectivity index (χ0v) is 9.67. The molecular weight excluding hydrogens is 216 g/mol. The Bertz CT molecular complexity index is 419. The van der Waals surface area contributed by atoms with E-state index in [4.69, 9.17) is 5.73 Å². The summed E-state index contributed by atoms with van der Waals surface area (Å²) in [6.45, 7) is 2.16. The Morgan fingerprint density at radius 1 is 1.24 bits per heavy atom. The molecule has 0 aromatic carbocycles. The predicted octanol–water partition coefficient (Wildman–Crippen LogP) is 0.812. The number of rotatable bonds is 2. The minimum absolute atomic E-state index is 0.230. The van der Waals surface area contributed by atoms with Crippen molar-refractivity contribution in [3.05, 3.63) is 17.8 Å². The van der Waals surface area contributed by atoms with Crippen molar-refractivity contribution in [2.45, 2.75) is 19.3 Å². The van der Waals surface area contributed by atoms with Gasteiger partial charge in [-0.15, -0.1) is 10.2 Å². The van der Waals surface area contributed by atoms with E-state index in [2.05, 4.69) is 15.1 Å². The van der Waals surface area contributed by atoms with Crippen LogP contribution in [0.4, 0.5) is 5.82 Å². The maximum atomic E-state index is 10.9. The highest BCUT2D eigenvalue weighted by atomic mass is 16.1. The molecule has 90 valence electrons. The largest absolute Gasteiger partial charge is 0.364 e. The van der Waals surface area contributed by atoms with Gasteiger partial charge in [-0.2, -0.15) is 0 Å². The lowest BCUT2D eigenvalue weighted by atomic mass is 10.0. The lowest BCUT2D eigenvalue weighted by Gasteiger charge is -2.17. The summed E-state index contributed by atoms with van der Waals surface area (Å²) in [6.07, 6.45) is 4.05. The Labute approximate surface area is 100 Å². The highest BCUT2D eigenvalue weighted by Gasteiger charge is 2.36. The number of carbonyl (C=O) groups excluding carboxylic acids is 1.